The largest absolute Gasteiger partial charge is 0.356 e. The monoisotopic (exact) mass is 483 g/mol. The fourth-order valence-corrected chi connectivity index (χ4v) is 5.10. The topological polar surface area (TPSA) is 101 Å². The van der Waals surface area contributed by atoms with E-state index in [0.717, 1.165) is 36.8 Å². The Hall–Kier alpha value is -4.16. The summed E-state index contributed by atoms with van der Waals surface area (Å²) in [5.41, 5.74) is 0.876. The molecule has 9 heteroatoms. The minimum absolute atomic E-state index is 0.0441. The van der Waals surface area contributed by atoms with Gasteiger partial charge in [-0.1, -0.05) is 36.4 Å². The first kappa shape index (κ1) is 23.6. The van der Waals surface area contributed by atoms with Crippen LogP contribution in [0, 0.1) is 11.3 Å². The molecule has 184 valence electrons. The van der Waals surface area contributed by atoms with Crippen LogP contribution in [0.2, 0.25) is 0 Å². The average Bonchev–Trinajstić information content (AvgIpc) is 3.02. The van der Waals surface area contributed by atoms with Gasteiger partial charge >= 0.3 is 5.69 Å². The fraction of sp³-hybridized carbons (Fsp3) is 0.333. The highest BCUT2D eigenvalue weighted by atomic mass is 16.2. The van der Waals surface area contributed by atoms with Gasteiger partial charge in [0.1, 0.15) is 23.0 Å². The molecule has 1 saturated heterocycles. The van der Waals surface area contributed by atoms with E-state index in [9.17, 15) is 14.9 Å². The van der Waals surface area contributed by atoms with Gasteiger partial charge in [-0.3, -0.25) is 18.9 Å². The summed E-state index contributed by atoms with van der Waals surface area (Å²) in [4.78, 5) is 34.2. The normalized spacial score (nSPS) is 14.5. The van der Waals surface area contributed by atoms with Gasteiger partial charge in [0.05, 0.1) is 17.8 Å². The number of pyridine rings is 1. The highest BCUT2D eigenvalue weighted by Gasteiger charge is 2.28. The number of aryl methyl sites for hydroxylation is 1. The number of rotatable bonds is 5. The molecule has 0 atom stereocenters. The smallest absolute Gasteiger partial charge is 0.331 e. The number of nitrogens with one attached hydrogen (secondary N) is 1. The Kier molecular flexibility index (Phi) is 6.44. The summed E-state index contributed by atoms with van der Waals surface area (Å²) in [6.07, 6.45) is 6.50. The van der Waals surface area contributed by atoms with Crippen LogP contribution in [0.5, 0.6) is 0 Å². The number of anilines is 1. The van der Waals surface area contributed by atoms with Crippen molar-refractivity contribution in [2.24, 2.45) is 7.05 Å². The molecule has 1 aliphatic heterocycles. The molecule has 1 aliphatic rings. The van der Waals surface area contributed by atoms with Crippen LogP contribution < -0.4 is 21.5 Å². The van der Waals surface area contributed by atoms with E-state index in [1.165, 1.54) is 9.13 Å². The lowest BCUT2D eigenvalue weighted by Crippen LogP contribution is -2.40. The van der Waals surface area contributed by atoms with E-state index in [0.29, 0.717) is 41.2 Å². The summed E-state index contributed by atoms with van der Waals surface area (Å²) in [5.74, 6) is 0.697. The van der Waals surface area contributed by atoms with Crippen molar-refractivity contribution < 1.29 is 0 Å². The number of hydrogen-bond donors (Lipinski definition) is 1. The van der Waals surface area contributed by atoms with Crippen LogP contribution in [0.15, 0.2) is 58.3 Å². The molecule has 0 aliphatic carbocycles. The molecule has 36 heavy (non-hydrogen) atoms. The van der Waals surface area contributed by atoms with E-state index in [-0.39, 0.29) is 6.54 Å². The second-order valence-corrected chi connectivity index (χ2v) is 8.99. The van der Waals surface area contributed by atoms with Gasteiger partial charge in [0.2, 0.25) is 0 Å². The molecule has 9 nitrogen and oxygen atoms in total. The second-order valence-electron chi connectivity index (χ2n) is 8.99. The molecule has 0 amide bonds. The lowest BCUT2D eigenvalue weighted by atomic mass is 10.1. The molecule has 3 aromatic heterocycles. The lowest BCUT2D eigenvalue weighted by Gasteiger charge is -2.24. The van der Waals surface area contributed by atoms with Crippen molar-refractivity contribution in [3.63, 3.8) is 0 Å². The Morgan fingerprint density at radius 2 is 1.94 bits per heavy atom. The fourth-order valence-electron chi connectivity index (χ4n) is 5.10. The summed E-state index contributed by atoms with van der Waals surface area (Å²) in [5, 5.41) is 15.5. The Balaban J connectivity index is 1.79. The molecule has 0 radical (unpaired) electrons. The van der Waals surface area contributed by atoms with Gasteiger partial charge < -0.3 is 14.8 Å². The molecule has 1 fully saturated rings. The highest BCUT2D eigenvalue weighted by Crippen LogP contribution is 2.31. The van der Waals surface area contributed by atoms with E-state index < -0.39 is 11.2 Å². The first-order chi connectivity index (χ1) is 17.6. The summed E-state index contributed by atoms with van der Waals surface area (Å²) >= 11 is 0. The van der Waals surface area contributed by atoms with Crippen molar-refractivity contribution in [2.45, 2.75) is 26.4 Å². The average molecular weight is 484 g/mol. The minimum atomic E-state index is -0.467. The van der Waals surface area contributed by atoms with Crippen molar-refractivity contribution in [3.05, 3.63) is 80.8 Å². The summed E-state index contributed by atoms with van der Waals surface area (Å²) in [6, 6.07) is 12.0. The third-order valence-corrected chi connectivity index (χ3v) is 6.85. The van der Waals surface area contributed by atoms with Gasteiger partial charge in [0, 0.05) is 44.8 Å². The first-order valence-corrected chi connectivity index (χ1v) is 12.2. The predicted molar refractivity (Wildman–Crippen MR) is 142 cm³/mol. The molecule has 0 bridgehead atoms. The molecular formula is C27H29N7O2. The van der Waals surface area contributed by atoms with Crippen molar-refractivity contribution in [3.8, 4) is 6.07 Å². The molecule has 1 N–H and O–H groups in total. The van der Waals surface area contributed by atoms with Crippen LogP contribution in [-0.2, 0) is 20.1 Å². The molecule has 4 aromatic rings. The standard InChI is InChI=1S/C27H29N7O2/c1-3-4-15-33-24-23(21(17-28)25(33)32-14-7-11-29-13-16-32)31(2)27(36)34(26(24)35)18-22-20-9-6-5-8-19(20)10-12-30-22/h3-6,8-10,12,29H,7,11,13-16,18H2,1-2H3/b4-3+. The highest BCUT2D eigenvalue weighted by molar-refractivity contribution is 5.90. The van der Waals surface area contributed by atoms with E-state index >= 15 is 0 Å². The Bertz CT molecular complexity index is 1620. The van der Waals surface area contributed by atoms with Crippen molar-refractivity contribution in [2.75, 3.05) is 31.1 Å². The number of nitrogens with zero attached hydrogens (tertiary/aromatic N) is 6. The van der Waals surface area contributed by atoms with E-state index in [2.05, 4.69) is 21.3 Å². The van der Waals surface area contributed by atoms with E-state index in [4.69, 9.17) is 0 Å². The van der Waals surface area contributed by atoms with Crippen molar-refractivity contribution in [1.29, 1.82) is 5.26 Å². The van der Waals surface area contributed by atoms with Crippen LogP contribution in [-0.4, -0.2) is 44.9 Å². The number of fused-ring (bicyclic) bond motifs is 2. The zero-order valence-electron chi connectivity index (χ0n) is 20.6. The Morgan fingerprint density at radius 1 is 1.11 bits per heavy atom. The Labute approximate surface area is 208 Å². The van der Waals surface area contributed by atoms with Gasteiger partial charge in [0.25, 0.3) is 5.56 Å². The quantitative estimate of drug-likeness (QED) is 0.438. The number of benzene rings is 1. The predicted octanol–water partition coefficient (Wildman–Crippen LogP) is 2.35. The SMILES string of the molecule is C/C=C/Cn1c(N2CCCNCC2)c(C#N)c2c1c(=O)n(Cc1nccc3ccccc13)c(=O)n2C. The molecule has 5 rings (SSSR count). The number of aromatic nitrogens is 4. The van der Waals surface area contributed by atoms with Gasteiger partial charge in [-0.25, -0.2) is 4.79 Å². The maximum atomic E-state index is 14.0. The number of nitriles is 1. The summed E-state index contributed by atoms with van der Waals surface area (Å²) in [6.45, 7) is 5.55. The third kappa shape index (κ3) is 3.89. The molecule has 0 saturated carbocycles. The van der Waals surface area contributed by atoms with Gasteiger partial charge in [0.15, 0.2) is 0 Å². The van der Waals surface area contributed by atoms with Crippen LogP contribution in [0.4, 0.5) is 5.82 Å². The molecule has 1 aromatic carbocycles. The van der Waals surface area contributed by atoms with Crippen LogP contribution in [0.3, 0.4) is 0 Å². The van der Waals surface area contributed by atoms with Gasteiger partial charge in [-0.05, 0) is 31.3 Å². The van der Waals surface area contributed by atoms with Crippen LogP contribution in [0.1, 0.15) is 24.6 Å². The van der Waals surface area contributed by atoms with Crippen LogP contribution >= 0.6 is 0 Å². The zero-order valence-corrected chi connectivity index (χ0v) is 20.6. The van der Waals surface area contributed by atoms with Gasteiger partial charge in [-0.2, -0.15) is 5.26 Å². The van der Waals surface area contributed by atoms with Gasteiger partial charge in [-0.15, -0.1) is 0 Å². The summed E-state index contributed by atoms with van der Waals surface area (Å²) < 4.78 is 4.57. The summed E-state index contributed by atoms with van der Waals surface area (Å²) in [7, 11) is 1.63. The van der Waals surface area contributed by atoms with E-state index in [1.807, 2.05) is 54.0 Å². The molecule has 0 unspecified atom stereocenters. The first-order valence-electron chi connectivity index (χ1n) is 12.2. The Morgan fingerprint density at radius 3 is 2.75 bits per heavy atom. The molecular weight excluding hydrogens is 454 g/mol. The minimum Gasteiger partial charge on any atom is -0.356 e. The lowest BCUT2D eigenvalue weighted by molar-refractivity contribution is 0.648. The van der Waals surface area contributed by atoms with Crippen molar-refractivity contribution >= 4 is 27.6 Å². The van der Waals surface area contributed by atoms with Crippen LogP contribution in [0.25, 0.3) is 21.8 Å². The molecule has 4 heterocycles. The number of hydrogen-bond acceptors (Lipinski definition) is 6. The number of allylic oxidation sites excluding steroid dienone is 2. The van der Waals surface area contributed by atoms with Crippen molar-refractivity contribution in [1.82, 2.24) is 24.0 Å². The molecule has 0 spiro atoms. The second kappa shape index (κ2) is 9.84. The maximum Gasteiger partial charge on any atom is 0.331 e. The third-order valence-electron chi connectivity index (χ3n) is 6.85. The maximum absolute atomic E-state index is 14.0. The zero-order chi connectivity index (χ0) is 25.2. The van der Waals surface area contributed by atoms with E-state index in [1.54, 1.807) is 13.2 Å².